The summed E-state index contributed by atoms with van der Waals surface area (Å²) in [7, 11) is 2.29. The van der Waals surface area contributed by atoms with Crippen LogP contribution in [0.2, 0.25) is 0 Å². The van der Waals surface area contributed by atoms with Crippen LogP contribution in [-0.4, -0.2) is 40.5 Å². The highest BCUT2D eigenvalue weighted by molar-refractivity contribution is 5.32. The van der Waals surface area contributed by atoms with Crippen molar-refractivity contribution >= 4 is 5.82 Å². The summed E-state index contributed by atoms with van der Waals surface area (Å²) < 4.78 is 0. The summed E-state index contributed by atoms with van der Waals surface area (Å²) in [5.41, 5.74) is 0. The summed E-state index contributed by atoms with van der Waals surface area (Å²) in [4.78, 5) is 11.1. The molecule has 4 heteroatoms. The molecule has 3 heterocycles. The SMILES string of the molecule is Cc1nccc(NCC2CC3CCC(C2)N3C)n1. The molecule has 2 saturated heterocycles. The number of hydrogen-bond acceptors (Lipinski definition) is 4. The average molecular weight is 246 g/mol. The number of rotatable bonds is 3. The third-order valence-electron chi connectivity index (χ3n) is 4.54. The normalized spacial score (nSPS) is 31.6. The van der Waals surface area contributed by atoms with Crippen molar-refractivity contribution in [1.82, 2.24) is 14.9 Å². The Kier molecular flexibility index (Phi) is 3.20. The van der Waals surface area contributed by atoms with Crippen LogP contribution in [0.25, 0.3) is 0 Å². The molecule has 2 aliphatic rings. The Morgan fingerprint density at radius 3 is 2.72 bits per heavy atom. The fourth-order valence-electron chi connectivity index (χ4n) is 3.49. The van der Waals surface area contributed by atoms with Crippen LogP contribution in [0.3, 0.4) is 0 Å². The van der Waals surface area contributed by atoms with E-state index in [1.54, 1.807) is 0 Å². The van der Waals surface area contributed by atoms with Crippen LogP contribution in [0.5, 0.6) is 0 Å². The van der Waals surface area contributed by atoms with Crippen molar-refractivity contribution in [3.63, 3.8) is 0 Å². The molecule has 1 aromatic heterocycles. The molecule has 0 spiro atoms. The topological polar surface area (TPSA) is 41.1 Å². The van der Waals surface area contributed by atoms with E-state index in [-0.39, 0.29) is 0 Å². The van der Waals surface area contributed by atoms with Crippen molar-refractivity contribution < 1.29 is 0 Å². The van der Waals surface area contributed by atoms with Gasteiger partial charge in [0.25, 0.3) is 0 Å². The lowest BCUT2D eigenvalue weighted by Gasteiger charge is -2.36. The third-order valence-corrected chi connectivity index (χ3v) is 4.54. The van der Waals surface area contributed by atoms with Gasteiger partial charge < -0.3 is 10.2 Å². The number of nitrogens with one attached hydrogen (secondary N) is 1. The van der Waals surface area contributed by atoms with Crippen LogP contribution in [0.1, 0.15) is 31.5 Å². The Balaban J connectivity index is 1.55. The van der Waals surface area contributed by atoms with Crippen LogP contribution in [0.4, 0.5) is 5.82 Å². The zero-order valence-electron chi connectivity index (χ0n) is 11.3. The van der Waals surface area contributed by atoms with Gasteiger partial charge in [-0.15, -0.1) is 0 Å². The predicted octanol–water partition coefficient (Wildman–Crippen LogP) is 2.07. The number of anilines is 1. The van der Waals surface area contributed by atoms with Gasteiger partial charge in [-0.3, -0.25) is 0 Å². The van der Waals surface area contributed by atoms with E-state index in [0.717, 1.165) is 36.2 Å². The Bertz CT molecular complexity index is 406. The standard InChI is InChI=1S/C14H22N4/c1-10-15-6-5-14(17-10)16-9-11-7-12-3-4-13(8-11)18(12)2/h5-6,11-13H,3-4,7-9H2,1-2H3,(H,15,16,17). The van der Waals surface area contributed by atoms with E-state index in [0.29, 0.717) is 0 Å². The predicted molar refractivity (Wildman–Crippen MR) is 72.6 cm³/mol. The van der Waals surface area contributed by atoms with E-state index in [4.69, 9.17) is 0 Å². The highest BCUT2D eigenvalue weighted by atomic mass is 15.2. The maximum atomic E-state index is 4.39. The molecule has 1 N–H and O–H groups in total. The van der Waals surface area contributed by atoms with Crippen LogP contribution >= 0.6 is 0 Å². The van der Waals surface area contributed by atoms with Gasteiger partial charge in [0.2, 0.25) is 0 Å². The van der Waals surface area contributed by atoms with Gasteiger partial charge in [0.1, 0.15) is 11.6 Å². The molecular formula is C14H22N4. The van der Waals surface area contributed by atoms with Gasteiger partial charge in [0, 0.05) is 24.8 Å². The lowest BCUT2D eigenvalue weighted by atomic mass is 9.91. The van der Waals surface area contributed by atoms with Crippen molar-refractivity contribution in [1.29, 1.82) is 0 Å². The monoisotopic (exact) mass is 246 g/mol. The average Bonchev–Trinajstić information content (AvgIpc) is 2.60. The molecule has 98 valence electrons. The van der Waals surface area contributed by atoms with Gasteiger partial charge >= 0.3 is 0 Å². The molecule has 0 amide bonds. The molecule has 0 radical (unpaired) electrons. The van der Waals surface area contributed by atoms with Crippen molar-refractivity contribution in [3.8, 4) is 0 Å². The van der Waals surface area contributed by atoms with Crippen molar-refractivity contribution in [2.45, 2.75) is 44.7 Å². The number of fused-ring (bicyclic) bond motifs is 2. The minimum atomic E-state index is 0.800. The van der Waals surface area contributed by atoms with E-state index in [1.165, 1.54) is 25.7 Å². The van der Waals surface area contributed by atoms with Crippen molar-refractivity contribution in [2.24, 2.45) is 5.92 Å². The second-order valence-electron chi connectivity index (χ2n) is 5.76. The van der Waals surface area contributed by atoms with Crippen molar-refractivity contribution in [3.05, 3.63) is 18.1 Å². The molecule has 2 bridgehead atoms. The highest BCUT2D eigenvalue weighted by Crippen LogP contribution is 2.37. The summed E-state index contributed by atoms with van der Waals surface area (Å²) in [5.74, 6) is 2.60. The first kappa shape index (κ1) is 11.9. The van der Waals surface area contributed by atoms with Gasteiger partial charge in [-0.1, -0.05) is 0 Å². The smallest absolute Gasteiger partial charge is 0.129 e. The molecule has 3 rings (SSSR count). The summed E-state index contributed by atoms with van der Waals surface area (Å²) in [6.07, 6.45) is 7.28. The molecule has 18 heavy (non-hydrogen) atoms. The molecule has 2 aliphatic heterocycles. The molecule has 0 aliphatic carbocycles. The molecule has 1 aromatic rings. The first-order valence-electron chi connectivity index (χ1n) is 6.98. The Hall–Kier alpha value is -1.16. The number of piperidine rings is 1. The van der Waals surface area contributed by atoms with Crippen LogP contribution in [0.15, 0.2) is 12.3 Å². The van der Waals surface area contributed by atoms with E-state index in [9.17, 15) is 0 Å². The maximum Gasteiger partial charge on any atom is 0.129 e. The lowest BCUT2D eigenvalue weighted by molar-refractivity contribution is 0.139. The second kappa shape index (κ2) is 4.84. The summed E-state index contributed by atoms with van der Waals surface area (Å²) in [6, 6.07) is 3.60. The zero-order valence-corrected chi connectivity index (χ0v) is 11.3. The lowest BCUT2D eigenvalue weighted by Crippen LogP contribution is -2.41. The molecule has 2 fully saturated rings. The summed E-state index contributed by atoms with van der Waals surface area (Å²) in [6.45, 7) is 2.98. The van der Waals surface area contributed by atoms with Gasteiger partial charge in [-0.25, -0.2) is 9.97 Å². The summed E-state index contributed by atoms with van der Waals surface area (Å²) in [5, 5.41) is 3.47. The molecular weight excluding hydrogens is 224 g/mol. The van der Waals surface area contributed by atoms with Gasteiger partial charge in [0.05, 0.1) is 0 Å². The van der Waals surface area contributed by atoms with E-state index in [2.05, 4.69) is 27.2 Å². The van der Waals surface area contributed by atoms with E-state index < -0.39 is 0 Å². The fourth-order valence-corrected chi connectivity index (χ4v) is 3.49. The quantitative estimate of drug-likeness (QED) is 0.886. The second-order valence-corrected chi connectivity index (χ2v) is 5.76. The highest BCUT2D eigenvalue weighted by Gasteiger charge is 2.38. The fraction of sp³-hybridized carbons (Fsp3) is 0.714. The minimum absolute atomic E-state index is 0.800. The van der Waals surface area contributed by atoms with Crippen molar-refractivity contribution in [2.75, 3.05) is 18.9 Å². The van der Waals surface area contributed by atoms with Gasteiger partial charge in [0.15, 0.2) is 0 Å². The number of aryl methyl sites for hydroxylation is 1. The molecule has 2 unspecified atom stereocenters. The van der Waals surface area contributed by atoms with E-state index in [1.807, 2.05) is 19.2 Å². The molecule has 4 nitrogen and oxygen atoms in total. The Labute approximate surface area is 109 Å². The van der Waals surface area contributed by atoms with Crippen LogP contribution in [0, 0.1) is 12.8 Å². The first-order valence-corrected chi connectivity index (χ1v) is 6.98. The Morgan fingerprint density at radius 2 is 2.06 bits per heavy atom. The number of hydrogen-bond donors (Lipinski definition) is 1. The number of aromatic nitrogens is 2. The van der Waals surface area contributed by atoms with E-state index >= 15 is 0 Å². The molecule has 0 aromatic carbocycles. The summed E-state index contributed by atoms with van der Waals surface area (Å²) >= 11 is 0. The molecule has 2 atom stereocenters. The van der Waals surface area contributed by atoms with Gasteiger partial charge in [-0.05, 0) is 51.6 Å². The number of nitrogens with zero attached hydrogens (tertiary/aromatic N) is 3. The minimum Gasteiger partial charge on any atom is -0.370 e. The van der Waals surface area contributed by atoms with Gasteiger partial charge in [-0.2, -0.15) is 0 Å². The maximum absolute atomic E-state index is 4.39. The zero-order chi connectivity index (χ0) is 12.5. The third kappa shape index (κ3) is 2.34. The van der Waals surface area contributed by atoms with Crippen LogP contribution in [-0.2, 0) is 0 Å². The Morgan fingerprint density at radius 1 is 1.33 bits per heavy atom. The molecule has 0 saturated carbocycles. The van der Waals surface area contributed by atoms with Crippen LogP contribution < -0.4 is 5.32 Å². The first-order chi connectivity index (χ1) is 8.72. The largest absolute Gasteiger partial charge is 0.370 e.